The van der Waals surface area contributed by atoms with E-state index in [9.17, 15) is 4.79 Å². The van der Waals surface area contributed by atoms with E-state index in [4.69, 9.17) is 29.0 Å². The molecular formula is C10H14N4O5S. The number of carbonyl (C=O) groups is 1. The predicted octanol–water partition coefficient (Wildman–Crippen LogP) is -0.400. The van der Waals surface area contributed by atoms with Crippen molar-refractivity contribution in [2.24, 2.45) is 21.7 Å². The van der Waals surface area contributed by atoms with Gasteiger partial charge in [0.25, 0.3) is 0 Å². The van der Waals surface area contributed by atoms with E-state index in [1.165, 1.54) is 6.92 Å². The summed E-state index contributed by atoms with van der Waals surface area (Å²) in [5.41, 5.74) is 11.2. The highest BCUT2D eigenvalue weighted by atomic mass is 32.3. The molecule has 0 saturated heterocycles. The first kappa shape index (κ1) is 17.7. The molecule has 6 N–H and O–H groups in total. The monoisotopic (exact) mass is 302 g/mol. The average molecular weight is 302 g/mol. The molecule has 9 nitrogen and oxygen atoms in total. The number of Topliss-reactive ketones (excluding diaryl/α,β-unsaturated/α-hetero) is 1. The summed E-state index contributed by atoms with van der Waals surface area (Å²) in [5, 5.41) is 7.16. The van der Waals surface area contributed by atoms with Crippen LogP contribution in [0, 0.1) is 0 Å². The van der Waals surface area contributed by atoms with E-state index in [1.807, 2.05) is 18.2 Å². The van der Waals surface area contributed by atoms with E-state index in [0.29, 0.717) is 5.56 Å². The zero-order valence-electron chi connectivity index (χ0n) is 10.5. The van der Waals surface area contributed by atoms with Crippen LogP contribution in [-0.4, -0.2) is 35.0 Å². The number of rotatable bonds is 3. The van der Waals surface area contributed by atoms with Gasteiger partial charge in [-0.2, -0.15) is 8.42 Å². The van der Waals surface area contributed by atoms with Crippen LogP contribution >= 0.6 is 0 Å². The molecule has 0 aromatic heterocycles. The van der Waals surface area contributed by atoms with Gasteiger partial charge in [-0.05, 0) is 0 Å². The third-order valence-electron chi connectivity index (χ3n) is 1.65. The molecule has 1 aromatic carbocycles. The largest absolute Gasteiger partial charge is 0.394 e. The summed E-state index contributed by atoms with van der Waals surface area (Å²) in [4.78, 5) is 11.3. The molecule has 0 aliphatic heterocycles. The van der Waals surface area contributed by atoms with E-state index in [1.54, 1.807) is 12.1 Å². The molecule has 0 saturated carbocycles. The molecule has 0 aliphatic rings. The Morgan fingerprint density at radius 1 is 1.10 bits per heavy atom. The van der Waals surface area contributed by atoms with Crippen LogP contribution < -0.4 is 11.5 Å². The van der Waals surface area contributed by atoms with Gasteiger partial charge in [0.2, 0.25) is 5.96 Å². The zero-order chi connectivity index (χ0) is 15.8. The molecule has 0 aliphatic carbocycles. The number of hydrogen-bond acceptors (Lipinski definition) is 5. The Hall–Kier alpha value is -2.30. The van der Waals surface area contributed by atoms with E-state index < -0.39 is 10.4 Å². The molecule has 110 valence electrons. The van der Waals surface area contributed by atoms with Crippen LogP contribution in [0.2, 0.25) is 0 Å². The molecular weight excluding hydrogens is 288 g/mol. The first-order valence-corrected chi connectivity index (χ1v) is 6.43. The Kier molecular flexibility index (Phi) is 7.07. The van der Waals surface area contributed by atoms with Crippen molar-refractivity contribution < 1.29 is 22.3 Å². The van der Waals surface area contributed by atoms with Crippen molar-refractivity contribution in [2.45, 2.75) is 6.92 Å². The number of nitrogens with zero attached hydrogens (tertiary/aromatic N) is 2. The second-order valence-electron chi connectivity index (χ2n) is 3.34. The highest BCUT2D eigenvalue weighted by Crippen LogP contribution is 2.02. The second kappa shape index (κ2) is 7.99. The van der Waals surface area contributed by atoms with Gasteiger partial charge in [-0.15, -0.1) is 10.2 Å². The van der Waals surface area contributed by atoms with Crippen molar-refractivity contribution in [3.63, 3.8) is 0 Å². The van der Waals surface area contributed by atoms with Crippen molar-refractivity contribution in [2.75, 3.05) is 0 Å². The fourth-order valence-corrected chi connectivity index (χ4v) is 1.04. The molecule has 0 unspecified atom stereocenters. The summed E-state index contributed by atoms with van der Waals surface area (Å²) in [7, 11) is -4.67. The van der Waals surface area contributed by atoms with E-state index in [2.05, 4.69) is 10.2 Å². The summed E-state index contributed by atoms with van der Waals surface area (Å²) in [6.45, 7) is 1.41. The molecule has 10 heteroatoms. The summed E-state index contributed by atoms with van der Waals surface area (Å²) in [6.07, 6.45) is 0. The fourth-order valence-electron chi connectivity index (χ4n) is 1.04. The Labute approximate surface area is 115 Å². The lowest BCUT2D eigenvalue weighted by Gasteiger charge is -1.99. The SMILES string of the molecule is CC(=O)/C(=N\N=C(N)N)c1ccccc1.O=S(=O)(O)O. The summed E-state index contributed by atoms with van der Waals surface area (Å²) in [5.74, 6) is -0.365. The highest BCUT2D eigenvalue weighted by molar-refractivity contribution is 7.79. The second-order valence-corrected chi connectivity index (χ2v) is 4.24. The van der Waals surface area contributed by atoms with Crippen LogP contribution in [-0.2, 0) is 15.2 Å². The van der Waals surface area contributed by atoms with Gasteiger partial charge in [0.15, 0.2) is 5.78 Å². The Morgan fingerprint density at radius 3 is 1.90 bits per heavy atom. The number of guanidine groups is 1. The lowest BCUT2D eigenvalue weighted by Crippen LogP contribution is -2.22. The third kappa shape index (κ3) is 9.70. The van der Waals surface area contributed by atoms with E-state index in [-0.39, 0.29) is 17.5 Å². The van der Waals surface area contributed by atoms with Crippen molar-refractivity contribution >= 4 is 27.9 Å². The lowest BCUT2D eigenvalue weighted by atomic mass is 10.1. The maximum Gasteiger partial charge on any atom is 0.394 e. The van der Waals surface area contributed by atoms with Crippen LogP contribution in [0.25, 0.3) is 0 Å². The standard InChI is InChI=1S/C10H12N4O.H2O4S/c1-7(15)9(13-14-10(11)12)8-5-3-2-4-6-8;1-5(2,3)4/h2-6H,1H3,(H4,11,12,14);(H2,1,2,3,4)/b13-9+;. The zero-order valence-corrected chi connectivity index (χ0v) is 11.3. The number of hydrogen-bond donors (Lipinski definition) is 4. The Morgan fingerprint density at radius 2 is 1.55 bits per heavy atom. The molecule has 1 aromatic rings. The van der Waals surface area contributed by atoms with Gasteiger partial charge in [-0.25, -0.2) is 0 Å². The quantitative estimate of drug-likeness (QED) is 0.255. The molecule has 0 atom stereocenters. The summed E-state index contributed by atoms with van der Waals surface area (Å²) in [6, 6.07) is 9.00. The van der Waals surface area contributed by atoms with Gasteiger partial charge in [-0.3, -0.25) is 13.9 Å². The molecule has 0 spiro atoms. The van der Waals surface area contributed by atoms with Gasteiger partial charge in [-0.1, -0.05) is 30.3 Å². The molecule has 0 bridgehead atoms. The van der Waals surface area contributed by atoms with Crippen LogP contribution in [0.5, 0.6) is 0 Å². The van der Waals surface area contributed by atoms with E-state index in [0.717, 1.165) is 0 Å². The molecule has 0 radical (unpaired) electrons. The summed E-state index contributed by atoms with van der Waals surface area (Å²) >= 11 is 0. The number of ketones is 1. The van der Waals surface area contributed by atoms with Crippen molar-refractivity contribution in [3.05, 3.63) is 35.9 Å². The van der Waals surface area contributed by atoms with E-state index >= 15 is 0 Å². The van der Waals surface area contributed by atoms with Crippen LogP contribution in [0.1, 0.15) is 12.5 Å². The van der Waals surface area contributed by atoms with Crippen molar-refractivity contribution in [1.82, 2.24) is 0 Å². The maximum atomic E-state index is 11.3. The lowest BCUT2D eigenvalue weighted by molar-refractivity contribution is -0.111. The molecule has 20 heavy (non-hydrogen) atoms. The average Bonchev–Trinajstić information content (AvgIpc) is 2.27. The van der Waals surface area contributed by atoms with Gasteiger partial charge in [0.05, 0.1) is 0 Å². The van der Waals surface area contributed by atoms with Gasteiger partial charge in [0, 0.05) is 12.5 Å². The van der Waals surface area contributed by atoms with Crippen molar-refractivity contribution in [3.8, 4) is 0 Å². The van der Waals surface area contributed by atoms with Crippen LogP contribution in [0.15, 0.2) is 40.5 Å². The minimum atomic E-state index is -4.67. The molecule has 0 fully saturated rings. The van der Waals surface area contributed by atoms with Crippen molar-refractivity contribution in [1.29, 1.82) is 0 Å². The first-order valence-electron chi connectivity index (χ1n) is 5.04. The van der Waals surface area contributed by atoms with Gasteiger partial charge in [0.1, 0.15) is 5.71 Å². The highest BCUT2D eigenvalue weighted by Gasteiger charge is 2.08. The normalized spacial score (nSPS) is 11.1. The number of carbonyl (C=O) groups excluding carboxylic acids is 1. The first-order chi connectivity index (χ1) is 9.11. The number of benzene rings is 1. The maximum absolute atomic E-state index is 11.3. The minimum absolute atomic E-state index is 0.176. The van der Waals surface area contributed by atoms with Crippen LogP contribution in [0.3, 0.4) is 0 Å². The van der Waals surface area contributed by atoms with Gasteiger partial charge < -0.3 is 11.5 Å². The summed E-state index contributed by atoms with van der Waals surface area (Å²) < 4.78 is 31.6. The molecule has 0 heterocycles. The fraction of sp³-hybridized carbons (Fsp3) is 0.100. The number of nitrogens with two attached hydrogens (primary N) is 2. The van der Waals surface area contributed by atoms with Gasteiger partial charge >= 0.3 is 10.4 Å². The smallest absolute Gasteiger partial charge is 0.369 e. The third-order valence-corrected chi connectivity index (χ3v) is 1.65. The topological polar surface area (TPSA) is 168 Å². The Balaban J connectivity index is 0.000000621. The molecule has 0 amide bonds. The molecule has 1 rings (SSSR count). The Bertz CT molecular complexity index is 598. The van der Waals surface area contributed by atoms with Crippen LogP contribution in [0.4, 0.5) is 0 Å². The predicted molar refractivity (Wildman–Crippen MR) is 73.6 cm³/mol. The minimum Gasteiger partial charge on any atom is -0.369 e.